The summed E-state index contributed by atoms with van der Waals surface area (Å²) in [6, 6.07) is 10.5. The van der Waals surface area contributed by atoms with Gasteiger partial charge in [0, 0.05) is 17.1 Å². The third-order valence-corrected chi connectivity index (χ3v) is 5.34. The van der Waals surface area contributed by atoms with Gasteiger partial charge >= 0.3 is 0 Å². The van der Waals surface area contributed by atoms with E-state index >= 15 is 0 Å². The van der Waals surface area contributed by atoms with Gasteiger partial charge in [0.15, 0.2) is 0 Å². The molecule has 104 valence electrons. The minimum atomic E-state index is -0.0169. The number of carbonyl (C=O) groups is 1. The van der Waals surface area contributed by atoms with Crippen molar-refractivity contribution in [2.24, 2.45) is 0 Å². The Kier molecular flexibility index (Phi) is 4.19. The van der Waals surface area contributed by atoms with Crippen molar-refractivity contribution in [3.05, 3.63) is 56.2 Å². The average Bonchev–Trinajstić information content (AvgIpc) is 2.91. The van der Waals surface area contributed by atoms with Gasteiger partial charge < -0.3 is 10.6 Å². The third-order valence-electron chi connectivity index (χ3n) is 3.51. The number of carbonyl (C=O) groups excluding carboxylic acids is 1. The quantitative estimate of drug-likeness (QED) is 0.892. The second kappa shape index (κ2) is 6.08. The molecular formula is C15H15BrN2OS. The van der Waals surface area contributed by atoms with E-state index in [9.17, 15) is 4.79 Å². The Labute approximate surface area is 130 Å². The smallest absolute Gasteiger partial charge is 0.262 e. The monoisotopic (exact) mass is 350 g/mol. The lowest BCUT2D eigenvalue weighted by molar-refractivity contribution is 0.0952. The van der Waals surface area contributed by atoms with Crippen molar-refractivity contribution in [2.75, 3.05) is 13.1 Å². The van der Waals surface area contributed by atoms with Crippen LogP contribution in [0.1, 0.15) is 26.8 Å². The van der Waals surface area contributed by atoms with Gasteiger partial charge in [0.05, 0.1) is 0 Å². The molecule has 0 saturated carbocycles. The fourth-order valence-corrected chi connectivity index (χ4v) is 3.97. The predicted octanol–water partition coefficient (Wildman–Crippen LogP) is 3.13. The van der Waals surface area contributed by atoms with Gasteiger partial charge in [0.1, 0.15) is 4.88 Å². The van der Waals surface area contributed by atoms with Crippen LogP contribution in [0.3, 0.4) is 0 Å². The summed E-state index contributed by atoms with van der Waals surface area (Å²) in [7, 11) is 0. The maximum absolute atomic E-state index is 12.1. The van der Waals surface area contributed by atoms with Crippen LogP contribution in [-0.4, -0.2) is 19.0 Å². The second-order valence-corrected chi connectivity index (χ2v) is 6.53. The van der Waals surface area contributed by atoms with Crippen LogP contribution in [-0.2, 0) is 6.42 Å². The van der Waals surface area contributed by atoms with Gasteiger partial charge in [-0.2, -0.15) is 0 Å². The Hall–Kier alpha value is -1.17. The highest BCUT2D eigenvalue weighted by Gasteiger charge is 2.20. The molecule has 0 radical (unpaired) electrons. The third kappa shape index (κ3) is 2.80. The molecule has 0 bridgehead atoms. The van der Waals surface area contributed by atoms with Crippen LogP contribution < -0.4 is 10.6 Å². The minimum Gasteiger partial charge on any atom is -0.349 e. The van der Waals surface area contributed by atoms with Gasteiger partial charge in [-0.3, -0.25) is 4.79 Å². The van der Waals surface area contributed by atoms with Crippen molar-refractivity contribution < 1.29 is 4.79 Å². The molecule has 0 fully saturated rings. The van der Waals surface area contributed by atoms with E-state index in [2.05, 4.69) is 50.8 Å². The number of amides is 1. The summed E-state index contributed by atoms with van der Waals surface area (Å²) < 4.78 is 0.858. The largest absolute Gasteiger partial charge is 0.349 e. The van der Waals surface area contributed by atoms with E-state index < -0.39 is 0 Å². The van der Waals surface area contributed by atoms with Gasteiger partial charge in [0.25, 0.3) is 5.91 Å². The van der Waals surface area contributed by atoms with Crippen molar-refractivity contribution in [1.82, 2.24) is 10.6 Å². The molecule has 0 saturated heterocycles. The summed E-state index contributed by atoms with van der Waals surface area (Å²) in [5.74, 6) is -0.0169. The number of halogens is 1. The zero-order valence-electron chi connectivity index (χ0n) is 10.9. The zero-order valence-corrected chi connectivity index (χ0v) is 13.3. The highest BCUT2D eigenvalue weighted by molar-refractivity contribution is 9.10. The van der Waals surface area contributed by atoms with Crippen LogP contribution >= 0.6 is 27.3 Å². The summed E-state index contributed by atoms with van der Waals surface area (Å²) in [5, 5.41) is 8.39. The standard InChI is InChI=1S/C15H15BrN2OS/c16-12-6-8-20-14(12)15(19)18-9-13-11-4-2-1-3-10(11)5-7-17-13/h1-4,6,8,13,17H,5,7,9H2,(H,18,19). The van der Waals surface area contributed by atoms with Crippen LogP contribution in [0.4, 0.5) is 0 Å². The van der Waals surface area contributed by atoms with Crippen LogP contribution in [0.25, 0.3) is 0 Å². The number of hydrogen-bond acceptors (Lipinski definition) is 3. The fraction of sp³-hybridized carbons (Fsp3) is 0.267. The predicted molar refractivity (Wildman–Crippen MR) is 85.2 cm³/mol. The molecule has 0 aliphatic carbocycles. The molecule has 2 N–H and O–H groups in total. The number of benzene rings is 1. The molecule has 1 aliphatic heterocycles. The molecule has 1 amide bonds. The molecule has 1 aromatic carbocycles. The van der Waals surface area contributed by atoms with Gasteiger partial charge in [0.2, 0.25) is 0 Å². The molecule has 20 heavy (non-hydrogen) atoms. The minimum absolute atomic E-state index is 0.0169. The molecular weight excluding hydrogens is 336 g/mol. The van der Waals surface area contributed by atoms with Crippen LogP contribution in [0.2, 0.25) is 0 Å². The lowest BCUT2D eigenvalue weighted by Gasteiger charge is -2.27. The van der Waals surface area contributed by atoms with E-state index in [0.29, 0.717) is 6.54 Å². The Morgan fingerprint density at radius 3 is 3.05 bits per heavy atom. The zero-order chi connectivity index (χ0) is 13.9. The Balaban J connectivity index is 1.68. The first-order valence-corrected chi connectivity index (χ1v) is 8.25. The van der Waals surface area contributed by atoms with Gasteiger partial charge in [-0.05, 0) is 51.5 Å². The normalized spacial score (nSPS) is 17.6. The molecule has 5 heteroatoms. The highest BCUT2D eigenvalue weighted by atomic mass is 79.9. The molecule has 3 nitrogen and oxygen atoms in total. The molecule has 1 unspecified atom stereocenters. The summed E-state index contributed by atoms with van der Waals surface area (Å²) in [5.41, 5.74) is 2.67. The number of rotatable bonds is 3. The summed E-state index contributed by atoms with van der Waals surface area (Å²) >= 11 is 4.84. The van der Waals surface area contributed by atoms with Crippen LogP contribution in [0.15, 0.2) is 40.2 Å². The van der Waals surface area contributed by atoms with E-state index in [4.69, 9.17) is 0 Å². The van der Waals surface area contributed by atoms with E-state index in [1.54, 1.807) is 0 Å². The number of nitrogens with one attached hydrogen (secondary N) is 2. The maximum atomic E-state index is 12.1. The Bertz CT molecular complexity index is 626. The molecule has 1 aromatic heterocycles. The van der Waals surface area contributed by atoms with E-state index in [0.717, 1.165) is 22.3 Å². The van der Waals surface area contributed by atoms with E-state index in [1.165, 1.54) is 22.5 Å². The first-order valence-electron chi connectivity index (χ1n) is 6.58. The lowest BCUT2D eigenvalue weighted by atomic mass is 9.94. The molecule has 0 spiro atoms. The molecule has 3 rings (SSSR count). The van der Waals surface area contributed by atoms with Crippen molar-refractivity contribution in [1.29, 1.82) is 0 Å². The lowest BCUT2D eigenvalue weighted by Crippen LogP contribution is -2.38. The second-order valence-electron chi connectivity index (χ2n) is 4.76. The van der Waals surface area contributed by atoms with Gasteiger partial charge in [-0.1, -0.05) is 24.3 Å². The number of hydrogen-bond donors (Lipinski definition) is 2. The van der Waals surface area contributed by atoms with E-state index in [-0.39, 0.29) is 11.9 Å². The van der Waals surface area contributed by atoms with Crippen LogP contribution in [0, 0.1) is 0 Å². The van der Waals surface area contributed by atoms with Crippen molar-refractivity contribution >= 4 is 33.2 Å². The maximum Gasteiger partial charge on any atom is 0.262 e. The highest BCUT2D eigenvalue weighted by Crippen LogP contribution is 2.24. The first-order chi connectivity index (χ1) is 9.75. The number of thiophene rings is 1. The Morgan fingerprint density at radius 2 is 2.25 bits per heavy atom. The average molecular weight is 351 g/mol. The summed E-state index contributed by atoms with van der Waals surface area (Å²) in [6.45, 7) is 1.57. The van der Waals surface area contributed by atoms with Gasteiger partial charge in [-0.25, -0.2) is 0 Å². The van der Waals surface area contributed by atoms with Gasteiger partial charge in [-0.15, -0.1) is 11.3 Å². The topological polar surface area (TPSA) is 41.1 Å². The summed E-state index contributed by atoms with van der Waals surface area (Å²) in [6.07, 6.45) is 1.05. The fourth-order valence-electron chi connectivity index (χ4n) is 2.51. The van der Waals surface area contributed by atoms with Crippen molar-refractivity contribution in [3.63, 3.8) is 0 Å². The first kappa shape index (κ1) is 13.8. The molecule has 2 aromatic rings. The SMILES string of the molecule is O=C(NCC1NCCc2ccccc21)c1sccc1Br. The Morgan fingerprint density at radius 1 is 1.40 bits per heavy atom. The van der Waals surface area contributed by atoms with Crippen molar-refractivity contribution in [3.8, 4) is 0 Å². The molecule has 1 aliphatic rings. The molecule has 1 atom stereocenters. The van der Waals surface area contributed by atoms with Crippen LogP contribution in [0.5, 0.6) is 0 Å². The summed E-state index contributed by atoms with van der Waals surface area (Å²) in [4.78, 5) is 12.9. The van der Waals surface area contributed by atoms with E-state index in [1.807, 2.05) is 11.4 Å². The number of fused-ring (bicyclic) bond motifs is 1. The van der Waals surface area contributed by atoms with Crippen molar-refractivity contribution in [2.45, 2.75) is 12.5 Å². The molecule has 2 heterocycles.